The monoisotopic (exact) mass is 349 g/mol. The van der Waals surface area contributed by atoms with E-state index in [0.29, 0.717) is 13.0 Å². The molecule has 0 aliphatic rings. The van der Waals surface area contributed by atoms with Gasteiger partial charge in [0.2, 0.25) is 0 Å². The fraction of sp³-hybridized carbons (Fsp3) is 0.667. The Hall–Kier alpha value is -1.55. The van der Waals surface area contributed by atoms with E-state index in [-0.39, 0.29) is 5.92 Å². The van der Waals surface area contributed by atoms with Gasteiger partial charge in [-0.15, -0.1) is 0 Å². The maximum atomic E-state index is 10.7. The molecule has 0 heterocycles. The van der Waals surface area contributed by atoms with Crippen molar-refractivity contribution in [2.24, 2.45) is 5.92 Å². The highest BCUT2D eigenvalue weighted by Crippen LogP contribution is 2.13. The second kappa shape index (κ2) is 13.7. The lowest BCUT2D eigenvalue weighted by atomic mass is 10.1. The number of carbonyl (C=O) groups is 1. The van der Waals surface area contributed by atoms with Crippen LogP contribution in [0, 0.1) is 5.92 Å². The summed E-state index contributed by atoms with van der Waals surface area (Å²) in [6, 6.07) is 8.15. The highest BCUT2D eigenvalue weighted by atomic mass is 16.5. The van der Waals surface area contributed by atoms with Crippen LogP contribution in [0.5, 0.6) is 5.75 Å². The Labute approximate surface area is 153 Å². The zero-order valence-electron chi connectivity index (χ0n) is 15.9. The first-order valence-corrected chi connectivity index (χ1v) is 9.78. The van der Waals surface area contributed by atoms with Crippen LogP contribution in [0.3, 0.4) is 0 Å². The van der Waals surface area contributed by atoms with Crippen LogP contribution in [0.25, 0.3) is 0 Å². The van der Waals surface area contributed by atoms with E-state index >= 15 is 0 Å². The molecule has 4 nitrogen and oxygen atoms in total. The van der Waals surface area contributed by atoms with Crippen LogP contribution in [-0.2, 0) is 11.3 Å². The summed E-state index contributed by atoms with van der Waals surface area (Å²) in [6.07, 6.45) is 9.70. The second-order valence-electron chi connectivity index (χ2n) is 6.82. The molecule has 0 aliphatic carbocycles. The number of rotatable bonds is 15. The average Bonchev–Trinajstić information content (AvgIpc) is 2.61. The molecule has 0 bridgehead atoms. The van der Waals surface area contributed by atoms with Crippen molar-refractivity contribution in [3.63, 3.8) is 0 Å². The van der Waals surface area contributed by atoms with Gasteiger partial charge in [0.15, 0.2) is 0 Å². The number of ether oxygens (including phenoxy) is 1. The van der Waals surface area contributed by atoms with E-state index in [1.807, 2.05) is 12.1 Å². The van der Waals surface area contributed by atoms with Crippen molar-refractivity contribution < 1.29 is 14.6 Å². The summed E-state index contributed by atoms with van der Waals surface area (Å²) in [7, 11) is 0. The van der Waals surface area contributed by atoms with Crippen molar-refractivity contribution in [3.05, 3.63) is 29.8 Å². The summed E-state index contributed by atoms with van der Waals surface area (Å²) in [5, 5.41) is 12.1. The Morgan fingerprint density at radius 3 is 2.36 bits per heavy atom. The average molecular weight is 350 g/mol. The van der Waals surface area contributed by atoms with E-state index in [2.05, 4.69) is 24.4 Å². The van der Waals surface area contributed by atoms with E-state index in [1.165, 1.54) is 44.1 Å². The van der Waals surface area contributed by atoms with E-state index in [4.69, 9.17) is 9.84 Å². The topological polar surface area (TPSA) is 58.6 Å². The molecule has 0 fully saturated rings. The number of hydrogen-bond donors (Lipinski definition) is 2. The van der Waals surface area contributed by atoms with Gasteiger partial charge in [0.05, 0.1) is 12.5 Å². The maximum absolute atomic E-state index is 10.7. The van der Waals surface area contributed by atoms with Gasteiger partial charge in [-0.1, -0.05) is 64.5 Å². The number of benzene rings is 1. The molecular weight excluding hydrogens is 314 g/mol. The van der Waals surface area contributed by atoms with Crippen molar-refractivity contribution in [1.29, 1.82) is 0 Å². The van der Waals surface area contributed by atoms with Crippen LogP contribution in [0.2, 0.25) is 0 Å². The Morgan fingerprint density at radius 1 is 1.08 bits per heavy atom. The molecule has 0 spiro atoms. The fourth-order valence-electron chi connectivity index (χ4n) is 2.63. The Bertz CT molecular complexity index is 459. The van der Waals surface area contributed by atoms with Crippen LogP contribution in [0.1, 0.15) is 70.8 Å². The molecule has 1 aromatic rings. The Balaban J connectivity index is 2.08. The SMILES string of the molecule is CCCCCCCCCOc1ccc(CNCCC(C)C(=O)O)cc1. The van der Waals surface area contributed by atoms with Gasteiger partial charge in [0.25, 0.3) is 0 Å². The minimum absolute atomic E-state index is 0.296. The number of hydrogen-bond acceptors (Lipinski definition) is 3. The lowest BCUT2D eigenvalue weighted by molar-refractivity contribution is -0.141. The fourth-order valence-corrected chi connectivity index (χ4v) is 2.63. The predicted octanol–water partition coefficient (Wildman–Crippen LogP) is 5.02. The van der Waals surface area contributed by atoms with E-state index in [0.717, 1.165) is 25.3 Å². The Kier molecular flexibility index (Phi) is 11.8. The van der Waals surface area contributed by atoms with Crippen LogP contribution in [-0.4, -0.2) is 24.2 Å². The molecule has 0 aliphatic heterocycles. The predicted molar refractivity (Wildman–Crippen MR) is 103 cm³/mol. The molecular formula is C21H35NO3. The normalized spacial score (nSPS) is 12.1. The lowest BCUT2D eigenvalue weighted by Crippen LogP contribution is -2.20. The first kappa shape index (κ1) is 21.5. The van der Waals surface area contributed by atoms with Crippen LogP contribution in [0.15, 0.2) is 24.3 Å². The molecule has 0 saturated heterocycles. The van der Waals surface area contributed by atoms with Crippen molar-refractivity contribution in [2.45, 2.75) is 71.8 Å². The number of carboxylic acids is 1. The van der Waals surface area contributed by atoms with Gasteiger partial charge in [-0.2, -0.15) is 0 Å². The zero-order valence-corrected chi connectivity index (χ0v) is 15.9. The minimum Gasteiger partial charge on any atom is -0.494 e. The Morgan fingerprint density at radius 2 is 1.72 bits per heavy atom. The first-order valence-electron chi connectivity index (χ1n) is 9.78. The number of nitrogens with one attached hydrogen (secondary N) is 1. The summed E-state index contributed by atoms with van der Waals surface area (Å²) in [4.78, 5) is 10.7. The van der Waals surface area contributed by atoms with Gasteiger partial charge >= 0.3 is 5.97 Å². The maximum Gasteiger partial charge on any atom is 0.306 e. The van der Waals surface area contributed by atoms with Crippen LogP contribution in [0.4, 0.5) is 0 Å². The van der Waals surface area contributed by atoms with E-state index < -0.39 is 5.97 Å². The molecule has 1 unspecified atom stereocenters. The van der Waals surface area contributed by atoms with Gasteiger partial charge in [-0.3, -0.25) is 4.79 Å². The molecule has 0 saturated carbocycles. The summed E-state index contributed by atoms with van der Waals surface area (Å²) in [5.41, 5.74) is 1.19. The van der Waals surface area contributed by atoms with Crippen LogP contribution >= 0.6 is 0 Å². The highest BCUT2D eigenvalue weighted by molar-refractivity contribution is 5.69. The number of aliphatic carboxylic acids is 1. The minimum atomic E-state index is -0.732. The summed E-state index contributed by atoms with van der Waals surface area (Å²) >= 11 is 0. The molecule has 0 radical (unpaired) electrons. The van der Waals surface area contributed by atoms with Gasteiger partial charge in [-0.25, -0.2) is 0 Å². The molecule has 0 amide bonds. The van der Waals surface area contributed by atoms with Gasteiger partial charge in [0.1, 0.15) is 5.75 Å². The van der Waals surface area contributed by atoms with Crippen molar-refractivity contribution in [1.82, 2.24) is 5.32 Å². The molecule has 25 heavy (non-hydrogen) atoms. The summed E-state index contributed by atoms with van der Waals surface area (Å²) in [6.45, 7) is 6.24. The van der Waals surface area contributed by atoms with Crippen molar-refractivity contribution >= 4 is 5.97 Å². The lowest BCUT2D eigenvalue weighted by Gasteiger charge is -2.09. The second-order valence-corrected chi connectivity index (χ2v) is 6.82. The smallest absolute Gasteiger partial charge is 0.306 e. The third kappa shape index (κ3) is 10.8. The van der Waals surface area contributed by atoms with Crippen molar-refractivity contribution in [3.8, 4) is 5.75 Å². The summed E-state index contributed by atoms with van der Waals surface area (Å²) < 4.78 is 5.79. The molecule has 142 valence electrons. The molecule has 4 heteroatoms. The standard InChI is InChI=1S/C21H35NO3/c1-3-4-5-6-7-8-9-16-25-20-12-10-19(11-13-20)17-22-15-14-18(2)21(23)24/h10-13,18,22H,3-9,14-17H2,1-2H3,(H,23,24). The van der Waals surface area contributed by atoms with Gasteiger partial charge < -0.3 is 15.2 Å². The molecule has 1 atom stereocenters. The molecule has 2 N–H and O–H groups in total. The summed E-state index contributed by atoms with van der Waals surface area (Å²) in [5.74, 6) is -0.103. The van der Waals surface area contributed by atoms with Gasteiger partial charge in [-0.05, 0) is 37.1 Å². The largest absolute Gasteiger partial charge is 0.494 e. The number of carboxylic acid groups (broad SMARTS) is 1. The van der Waals surface area contributed by atoms with Gasteiger partial charge in [0, 0.05) is 6.54 Å². The van der Waals surface area contributed by atoms with Crippen molar-refractivity contribution in [2.75, 3.05) is 13.2 Å². The third-order valence-electron chi connectivity index (χ3n) is 4.44. The molecule has 1 rings (SSSR count). The molecule has 0 aromatic heterocycles. The first-order chi connectivity index (χ1) is 12.1. The quantitative estimate of drug-likeness (QED) is 0.437. The van der Waals surface area contributed by atoms with Crippen LogP contribution < -0.4 is 10.1 Å². The molecule has 1 aromatic carbocycles. The van der Waals surface area contributed by atoms with E-state index in [9.17, 15) is 4.79 Å². The zero-order chi connectivity index (χ0) is 18.3. The third-order valence-corrected chi connectivity index (χ3v) is 4.44. The van der Waals surface area contributed by atoms with E-state index in [1.54, 1.807) is 6.92 Å². The number of unbranched alkanes of at least 4 members (excludes halogenated alkanes) is 6. The highest BCUT2D eigenvalue weighted by Gasteiger charge is 2.09.